The van der Waals surface area contributed by atoms with Crippen LogP contribution in [0, 0.1) is 17.3 Å². The second-order valence-electron chi connectivity index (χ2n) is 5.66. The number of hydrogen-bond donors (Lipinski definition) is 0. The molecule has 0 saturated heterocycles. The van der Waals surface area contributed by atoms with Gasteiger partial charge in [-0.2, -0.15) is 0 Å². The summed E-state index contributed by atoms with van der Waals surface area (Å²) in [6.07, 6.45) is 11.4. The lowest BCUT2D eigenvalue weighted by Gasteiger charge is -2.24. The van der Waals surface area contributed by atoms with E-state index in [1.165, 1.54) is 44.1 Å². The van der Waals surface area contributed by atoms with Crippen LogP contribution in [0.1, 0.15) is 79.6 Å². The maximum Gasteiger partial charge on any atom is -0.00223 e. The van der Waals surface area contributed by atoms with Crippen molar-refractivity contribution in [2.75, 3.05) is 0 Å². The zero-order valence-electron chi connectivity index (χ0n) is 12.5. The van der Waals surface area contributed by atoms with Crippen LogP contribution in [0.25, 0.3) is 0 Å². The fourth-order valence-corrected chi connectivity index (χ4v) is 2.07. The molecule has 0 saturated carbocycles. The zero-order valence-corrected chi connectivity index (χ0v) is 12.5. The van der Waals surface area contributed by atoms with Crippen LogP contribution in [-0.2, 0) is 0 Å². The molecule has 0 rings (SSSR count). The van der Waals surface area contributed by atoms with E-state index in [1.54, 1.807) is 0 Å². The minimum absolute atomic E-state index is 0.470. The summed E-state index contributed by atoms with van der Waals surface area (Å²) in [5, 5.41) is 0. The highest BCUT2D eigenvalue weighted by atomic mass is 14.2. The fraction of sp³-hybridized carbons (Fsp3) is 0.765. The normalized spacial score (nSPS) is 12.2. The molecule has 0 aromatic carbocycles. The van der Waals surface area contributed by atoms with Gasteiger partial charge in [0.15, 0.2) is 0 Å². The lowest BCUT2D eigenvalue weighted by molar-refractivity contribution is 0.295. The molecule has 0 fully saturated rings. The largest absolute Gasteiger partial charge is 0.102 e. The minimum Gasteiger partial charge on any atom is -0.102 e. The van der Waals surface area contributed by atoms with Gasteiger partial charge in [0.25, 0.3) is 0 Å². The Hall–Kier alpha value is -0.700. The first kappa shape index (κ1) is 16.3. The first-order valence-corrected chi connectivity index (χ1v) is 7.13. The van der Waals surface area contributed by atoms with Gasteiger partial charge in [0.05, 0.1) is 0 Å². The Morgan fingerprint density at radius 1 is 1.12 bits per heavy atom. The van der Waals surface area contributed by atoms with Crippen molar-refractivity contribution in [3.63, 3.8) is 0 Å². The molecule has 0 aromatic rings. The predicted octanol–water partition coefficient (Wildman–Crippen LogP) is 5.73. The smallest absolute Gasteiger partial charge is 0.00223 e. The van der Waals surface area contributed by atoms with Crippen molar-refractivity contribution >= 4 is 0 Å². The number of rotatable bonds is 8. The molecule has 0 bridgehead atoms. The van der Waals surface area contributed by atoms with Gasteiger partial charge in [-0.05, 0) is 44.1 Å². The van der Waals surface area contributed by atoms with E-state index >= 15 is 0 Å². The van der Waals surface area contributed by atoms with E-state index in [0.29, 0.717) is 5.41 Å². The van der Waals surface area contributed by atoms with Crippen molar-refractivity contribution in [1.29, 1.82) is 0 Å². The second kappa shape index (κ2) is 9.34. The maximum atomic E-state index is 3.19. The number of hydrogen-bond acceptors (Lipinski definition) is 0. The van der Waals surface area contributed by atoms with Crippen LogP contribution < -0.4 is 0 Å². The minimum atomic E-state index is 0.470. The Balaban J connectivity index is 3.94. The van der Waals surface area contributed by atoms with E-state index < -0.39 is 0 Å². The van der Waals surface area contributed by atoms with E-state index in [-0.39, 0.29) is 0 Å². The average molecular weight is 234 g/mol. The van der Waals surface area contributed by atoms with Gasteiger partial charge in [-0.3, -0.25) is 0 Å². The molecule has 0 unspecified atom stereocenters. The molecule has 17 heavy (non-hydrogen) atoms. The topological polar surface area (TPSA) is 0 Å². The van der Waals surface area contributed by atoms with E-state index in [1.807, 2.05) is 6.92 Å². The summed E-state index contributed by atoms with van der Waals surface area (Å²) in [6.45, 7) is 11.1. The van der Waals surface area contributed by atoms with E-state index in [9.17, 15) is 0 Å². The van der Waals surface area contributed by atoms with Crippen LogP contribution in [-0.4, -0.2) is 0 Å². The van der Waals surface area contributed by atoms with Crippen LogP contribution >= 0.6 is 0 Å². The summed E-state index contributed by atoms with van der Waals surface area (Å²) in [5.41, 5.74) is 1.77. The Labute approximate surface area is 109 Å². The maximum absolute atomic E-state index is 3.19. The van der Waals surface area contributed by atoms with Crippen LogP contribution in [0.5, 0.6) is 0 Å². The molecule has 0 radical (unpaired) electrons. The van der Waals surface area contributed by atoms with Crippen LogP contribution in [0.2, 0.25) is 0 Å². The Morgan fingerprint density at radius 2 is 1.82 bits per heavy atom. The van der Waals surface area contributed by atoms with Crippen LogP contribution in [0.3, 0.4) is 0 Å². The Morgan fingerprint density at radius 3 is 2.35 bits per heavy atom. The summed E-state index contributed by atoms with van der Waals surface area (Å²) >= 11 is 0. The monoisotopic (exact) mass is 234 g/mol. The van der Waals surface area contributed by atoms with E-state index in [4.69, 9.17) is 0 Å². The van der Waals surface area contributed by atoms with Crippen molar-refractivity contribution in [3.05, 3.63) is 11.6 Å². The SMILES string of the molecule is CC#CC(=CC)CCC(C)(C)CCCCCC. The molecule has 0 nitrogen and oxygen atoms in total. The molecular weight excluding hydrogens is 204 g/mol. The molecule has 0 heteroatoms. The molecule has 0 aliphatic rings. The third kappa shape index (κ3) is 9.04. The first-order chi connectivity index (χ1) is 8.05. The lowest BCUT2D eigenvalue weighted by Crippen LogP contribution is -2.11. The highest BCUT2D eigenvalue weighted by Crippen LogP contribution is 2.30. The van der Waals surface area contributed by atoms with E-state index in [0.717, 1.165) is 6.42 Å². The summed E-state index contributed by atoms with van der Waals surface area (Å²) in [7, 11) is 0. The van der Waals surface area contributed by atoms with Gasteiger partial charge in [0.1, 0.15) is 0 Å². The molecule has 0 spiro atoms. The third-order valence-corrected chi connectivity index (χ3v) is 3.41. The summed E-state index contributed by atoms with van der Waals surface area (Å²) in [5.74, 6) is 6.19. The van der Waals surface area contributed by atoms with Crippen molar-refractivity contribution < 1.29 is 0 Å². The fourth-order valence-electron chi connectivity index (χ4n) is 2.07. The number of allylic oxidation sites excluding steroid dienone is 2. The van der Waals surface area contributed by atoms with Crippen molar-refractivity contribution in [3.8, 4) is 11.8 Å². The van der Waals surface area contributed by atoms with E-state index in [2.05, 4.69) is 45.6 Å². The van der Waals surface area contributed by atoms with Gasteiger partial charge in [0, 0.05) is 0 Å². The molecule has 0 aromatic heterocycles. The van der Waals surface area contributed by atoms with Gasteiger partial charge in [-0.1, -0.05) is 58.5 Å². The third-order valence-electron chi connectivity index (χ3n) is 3.41. The predicted molar refractivity (Wildman–Crippen MR) is 79.0 cm³/mol. The Bertz CT molecular complexity index is 270. The van der Waals surface area contributed by atoms with Crippen molar-refractivity contribution in [2.45, 2.75) is 79.6 Å². The van der Waals surface area contributed by atoms with Gasteiger partial charge < -0.3 is 0 Å². The highest BCUT2D eigenvalue weighted by Gasteiger charge is 2.17. The van der Waals surface area contributed by atoms with Gasteiger partial charge in [-0.15, -0.1) is 5.92 Å². The molecule has 0 atom stereocenters. The molecule has 98 valence electrons. The number of unbranched alkanes of at least 4 members (excludes halogenated alkanes) is 3. The lowest BCUT2D eigenvalue weighted by atomic mass is 9.81. The summed E-state index contributed by atoms with van der Waals surface area (Å²) < 4.78 is 0. The molecular formula is C17H30. The van der Waals surface area contributed by atoms with Crippen LogP contribution in [0.4, 0.5) is 0 Å². The van der Waals surface area contributed by atoms with Gasteiger partial charge in [0.2, 0.25) is 0 Å². The van der Waals surface area contributed by atoms with Crippen molar-refractivity contribution in [2.24, 2.45) is 5.41 Å². The molecule has 0 aliphatic heterocycles. The average Bonchev–Trinajstić information content (AvgIpc) is 2.30. The molecule has 0 aliphatic carbocycles. The molecule has 0 heterocycles. The highest BCUT2D eigenvalue weighted by molar-refractivity contribution is 5.27. The van der Waals surface area contributed by atoms with Gasteiger partial charge >= 0.3 is 0 Å². The van der Waals surface area contributed by atoms with Crippen molar-refractivity contribution in [1.82, 2.24) is 0 Å². The van der Waals surface area contributed by atoms with Gasteiger partial charge in [-0.25, -0.2) is 0 Å². The summed E-state index contributed by atoms with van der Waals surface area (Å²) in [4.78, 5) is 0. The molecule has 0 N–H and O–H groups in total. The first-order valence-electron chi connectivity index (χ1n) is 7.13. The molecule has 0 amide bonds. The Kier molecular flexibility index (Phi) is 8.96. The zero-order chi connectivity index (χ0) is 13.1. The quantitative estimate of drug-likeness (QED) is 0.371. The second-order valence-corrected chi connectivity index (χ2v) is 5.66. The standard InChI is InChI=1S/C17H30/c1-6-9-10-11-14-17(4,5)15-13-16(8-3)12-7-2/h8H,6,9-11,13-15H2,1-5H3. The van der Waals surface area contributed by atoms with Crippen LogP contribution in [0.15, 0.2) is 11.6 Å². The summed E-state index contributed by atoms with van der Waals surface area (Å²) in [6, 6.07) is 0.